The molecular formula is C21H23N3O3. The van der Waals surface area contributed by atoms with E-state index in [-0.39, 0.29) is 12.5 Å². The lowest BCUT2D eigenvalue weighted by molar-refractivity contribution is -0.133. The molecule has 2 N–H and O–H groups in total. The van der Waals surface area contributed by atoms with Crippen molar-refractivity contribution in [3.05, 3.63) is 65.7 Å². The van der Waals surface area contributed by atoms with Gasteiger partial charge in [0, 0.05) is 5.69 Å². The Hall–Kier alpha value is -3.15. The fourth-order valence-corrected chi connectivity index (χ4v) is 3.15. The van der Waals surface area contributed by atoms with E-state index >= 15 is 0 Å². The predicted octanol–water partition coefficient (Wildman–Crippen LogP) is 2.88. The van der Waals surface area contributed by atoms with E-state index in [1.54, 1.807) is 13.0 Å². The van der Waals surface area contributed by atoms with Crippen molar-refractivity contribution in [1.29, 1.82) is 0 Å². The fourth-order valence-electron chi connectivity index (χ4n) is 3.15. The maximum Gasteiger partial charge on any atom is 0.325 e. The molecule has 2 aromatic rings. The largest absolute Gasteiger partial charge is 0.325 e. The maximum absolute atomic E-state index is 12.8. The molecule has 1 saturated heterocycles. The van der Waals surface area contributed by atoms with Crippen molar-refractivity contribution in [3.8, 4) is 0 Å². The van der Waals surface area contributed by atoms with Gasteiger partial charge in [0.25, 0.3) is 5.91 Å². The van der Waals surface area contributed by atoms with Gasteiger partial charge in [0.05, 0.1) is 0 Å². The Morgan fingerprint density at radius 1 is 1.07 bits per heavy atom. The summed E-state index contributed by atoms with van der Waals surface area (Å²) in [6.07, 6.45) is 1.13. The number of hydrogen-bond donors (Lipinski definition) is 2. The standard InChI is InChI=1S/C21H23N3O3/c1-15-8-6-7-11-17(15)22-18(25)14-24-19(26)21(2,23-20(24)27)13-12-16-9-4-3-5-10-16/h3-11H,12-14H2,1-2H3,(H,22,25)(H,23,27)/t21-/m0/s1. The van der Waals surface area contributed by atoms with Gasteiger partial charge in [-0.3, -0.25) is 14.5 Å². The summed E-state index contributed by atoms with van der Waals surface area (Å²) in [7, 11) is 0. The second kappa shape index (κ2) is 7.61. The van der Waals surface area contributed by atoms with Gasteiger partial charge in [-0.05, 0) is 43.9 Å². The quantitative estimate of drug-likeness (QED) is 0.773. The highest BCUT2D eigenvalue weighted by molar-refractivity contribution is 6.10. The highest BCUT2D eigenvalue weighted by Gasteiger charge is 2.47. The Morgan fingerprint density at radius 3 is 2.44 bits per heavy atom. The minimum absolute atomic E-state index is 0.306. The van der Waals surface area contributed by atoms with Crippen LogP contribution in [0.5, 0.6) is 0 Å². The zero-order chi connectivity index (χ0) is 19.4. The normalized spacial score (nSPS) is 19.1. The number of benzene rings is 2. The van der Waals surface area contributed by atoms with Crippen LogP contribution >= 0.6 is 0 Å². The first-order chi connectivity index (χ1) is 12.9. The molecule has 6 nitrogen and oxygen atoms in total. The molecule has 1 fully saturated rings. The molecule has 0 bridgehead atoms. The van der Waals surface area contributed by atoms with Crippen molar-refractivity contribution in [2.45, 2.75) is 32.2 Å². The number of urea groups is 1. The van der Waals surface area contributed by atoms with Crippen LogP contribution in [0.2, 0.25) is 0 Å². The minimum atomic E-state index is -1.00. The smallest absolute Gasteiger partial charge is 0.324 e. The molecule has 0 radical (unpaired) electrons. The Bertz CT molecular complexity index is 866. The van der Waals surface area contributed by atoms with Gasteiger partial charge in [0.2, 0.25) is 5.91 Å². The van der Waals surface area contributed by atoms with Crippen molar-refractivity contribution in [1.82, 2.24) is 10.2 Å². The van der Waals surface area contributed by atoms with Gasteiger partial charge in [0.15, 0.2) is 0 Å². The number of imide groups is 1. The third-order valence-electron chi connectivity index (χ3n) is 4.82. The lowest BCUT2D eigenvalue weighted by Crippen LogP contribution is -2.45. The Morgan fingerprint density at radius 2 is 1.74 bits per heavy atom. The van der Waals surface area contributed by atoms with E-state index in [2.05, 4.69) is 10.6 Å². The van der Waals surface area contributed by atoms with E-state index in [4.69, 9.17) is 0 Å². The van der Waals surface area contributed by atoms with E-state index in [0.29, 0.717) is 18.5 Å². The lowest BCUT2D eigenvalue weighted by Gasteiger charge is -2.21. The highest BCUT2D eigenvalue weighted by atomic mass is 16.2. The average Bonchev–Trinajstić information content (AvgIpc) is 2.86. The first kappa shape index (κ1) is 18.6. The van der Waals surface area contributed by atoms with Crippen LogP contribution in [0.15, 0.2) is 54.6 Å². The van der Waals surface area contributed by atoms with Crippen LogP contribution in [-0.4, -0.2) is 34.8 Å². The topological polar surface area (TPSA) is 78.5 Å². The second-order valence-electron chi connectivity index (χ2n) is 7.00. The van der Waals surface area contributed by atoms with Crippen LogP contribution in [0.25, 0.3) is 0 Å². The fraction of sp³-hybridized carbons (Fsp3) is 0.286. The summed E-state index contributed by atoms with van der Waals surface area (Å²) in [5.41, 5.74) is 1.67. The highest BCUT2D eigenvalue weighted by Crippen LogP contribution is 2.23. The van der Waals surface area contributed by atoms with Gasteiger partial charge in [-0.25, -0.2) is 4.79 Å². The van der Waals surface area contributed by atoms with Crippen molar-refractivity contribution < 1.29 is 14.4 Å². The molecule has 6 heteroatoms. The van der Waals surface area contributed by atoms with Crippen molar-refractivity contribution in [2.75, 3.05) is 11.9 Å². The first-order valence-corrected chi connectivity index (χ1v) is 8.92. The summed E-state index contributed by atoms with van der Waals surface area (Å²) in [5.74, 6) is -0.775. The Labute approximate surface area is 158 Å². The summed E-state index contributed by atoms with van der Waals surface area (Å²) in [5, 5.41) is 5.49. The molecule has 1 atom stereocenters. The van der Waals surface area contributed by atoms with Crippen LogP contribution in [-0.2, 0) is 16.0 Å². The molecule has 140 valence electrons. The van der Waals surface area contributed by atoms with Crippen molar-refractivity contribution in [3.63, 3.8) is 0 Å². The summed E-state index contributed by atoms with van der Waals surface area (Å²) >= 11 is 0. The van der Waals surface area contributed by atoms with Crippen LogP contribution in [0.1, 0.15) is 24.5 Å². The van der Waals surface area contributed by atoms with Crippen LogP contribution in [0, 0.1) is 6.92 Å². The van der Waals surface area contributed by atoms with Gasteiger partial charge >= 0.3 is 6.03 Å². The van der Waals surface area contributed by atoms with Crippen LogP contribution in [0.4, 0.5) is 10.5 Å². The van der Waals surface area contributed by atoms with Gasteiger partial charge in [-0.1, -0.05) is 48.5 Å². The Kier molecular flexibility index (Phi) is 5.26. The molecule has 3 rings (SSSR count). The number of carbonyl (C=O) groups is 3. The zero-order valence-corrected chi connectivity index (χ0v) is 15.5. The number of carbonyl (C=O) groups excluding carboxylic acids is 3. The van der Waals surface area contributed by atoms with Crippen molar-refractivity contribution >= 4 is 23.5 Å². The third-order valence-corrected chi connectivity index (χ3v) is 4.82. The summed E-state index contributed by atoms with van der Waals surface area (Å²) in [6, 6.07) is 16.6. The van der Waals surface area contributed by atoms with E-state index < -0.39 is 17.5 Å². The van der Waals surface area contributed by atoms with Gasteiger partial charge in [0.1, 0.15) is 12.1 Å². The molecule has 0 saturated carbocycles. The number of nitrogens with zero attached hydrogens (tertiary/aromatic N) is 1. The third kappa shape index (κ3) is 4.16. The molecule has 27 heavy (non-hydrogen) atoms. The summed E-state index contributed by atoms with van der Waals surface area (Å²) in [6.45, 7) is 3.28. The molecule has 4 amide bonds. The number of nitrogens with one attached hydrogen (secondary N) is 2. The second-order valence-corrected chi connectivity index (χ2v) is 7.00. The number of para-hydroxylation sites is 1. The molecule has 0 spiro atoms. The SMILES string of the molecule is Cc1ccccc1NC(=O)CN1C(=O)N[C@@](C)(CCc2ccccc2)C1=O. The summed E-state index contributed by atoms with van der Waals surface area (Å²) < 4.78 is 0. The van der Waals surface area contributed by atoms with Crippen molar-refractivity contribution in [2.24, 2.45) is 0 Å². The Balaban J connectivity index is 1.63. The van der Waals surface area contributed by atoms with E-state index in [1.165, 1.54) is 0 Å². The zero-order valence-electron chi connectivity index (χ0n) is 15.5. The number of aryl methyl sites for hydroxylation is 2. The van der Waals surface area contributed by atoms with Crippen LogP contribution in [0.3, 0.4) is 0 Å². The molecule has 0 unspecified atom stereocenters. The first-order valence-electron chi connectivity index (χ1n) is 8.92. The van der Waals surface area contributed by atoms with Gasteiger partial charge < -0.3 is 10.6 Å². The van der Waals surface area contributed by atoms with Gasteiger partial charge in [-0.2, -0.15) is 0 Å². The molecule has 1 heterocycles. The monoisotopic (exact) mass is 365 g/mol. The molecule has 0 aromatic heterocycles. The predicted molar refractivity (Wildman–Crippen MR) is 103 cm³/mol. The molecular weight excluding hydrogens is 342 g/mol. The van der Waals surface area contributed by atoms with E-state index in [1.807, 2.05) is 55.5 Å². The number of hydrogen-bond acceptors (Lipinski definition) is 3. The average molecular weight is 365 g/mol. The van der Waals surface area contributed by atoms with E-state index in [0.717, 1.165) is 16.0 Å². The molecule has 1 aliphatic heterocycles. The number of rotatable bonds is 6. The summed E-state index contributed by atoms with van der Waals surface area (Å²) in [4.78, 5) is 38.4. The maximum atomic E-state index is 12.8. The lowest BCUT2D eigenvalue weighted by atomic mass is 9.93. The van der Waals surface area contributed by atoms with E-state index in [9.17, 15) is 14.4 Å². The number of anilines is 1. The molecule has 0 aliphatic carbocycles. The van der Waals surface area contributed by atoms with Crippen LogP contribution < -0.4 is 10.6 Å². The number of amides is 4. The molecule has 2 aromatic carbocycles. The van der Waals surface area contributed by atoms with Gasteiger partial charge in [-0.15, -0.1) is 0 Å². The molecule has 1 aliphatic rings. The minimum Gasteiger partial charge on any atom is -0.324 e.